The second kappa shape index (κ2) is 5.73. The molecular formula is C17H17N5. The number of anilines is 1. The van der Waals surface area contributed by atoms with Crippen LogP contribution in [0, 0.1) is 0 Å². The lowest BCUT2D eigenvalue weighted by atomic mass is 10.1. The van der Waals surface area contributed by atoms with Crippen molar-refractivity contribution in [3.8, 4) is 22.6 Å². The van der Waals surface area contributed by atoms with E-state index in [4.69, 9.17) is 11.5 Å². The third-order valence-electron chi connectivity index (χ3n) is 3.45. The van der Waals surface area contributed by atoms with Crippen molar-refractivity contribution in [2.45, 2.75) is 6.92 Å². The van der Waals surface area contributed by atoms with Gasteiger partial charge in [0.1, 0.15) is 0 Å². The molecule has 0 aliphatic rings. The van der Waals surface area contributed by atoms with Crippen LogP contribution in [0.4, 0.5) is 5.95 Å². The number of aromatic amines is 1. The van der Waals surface area contributed by atoms with Gasteiger partial charge in [-0.15, -0.1) is 0 Å². The lowest BCUT2D eigenvalue weighted by Gasteiger charge is -2.04. The van der Waals surface area contributed by atoms with Crippen LogP contribution in [0.2, 0.25) is 0 Å². The Balaban J connectivity index is 2.17. The predicted molar refractivity (Wildman–Crippen MR) is 89.5 cm³/mol. The first-order chi connectivity index (χ1) is 10.7. The number of H-pyrrole nitrogens is 1. The van der Waals surface area contributed by atoms with E-state index in [2.05, 4.69) is 15.0 Å². The SMILES string of the molecule is CC=C(N)c1cc(-c2ccnc(N)n2)[nH]c1-c1ccccc1. The van der Waals surface area contributed by atoms with Gasteiger partial charge in [-0.3, -0.25) is 0 Å². The zero-order valence-electron chi connectivity index (χ0n) is 12.2. The summed E-state index contributed by atoms with van der Waals surface area (Å²) >= 11 is 0. The van der Waals surface area contributed by atoms with E-state index in [-0.39, 0.29) is 5.95 Å². The first-order valence-electron chi connectivity index (χ1n) is 6.98. The highest BCUT2D eigenvalue weighted by Gasteiger charge is 2.13. The largest absolute Gasteiger partial charge is 0.398 e. The molecule has 1 aromatic carbocycles. The number of nitrogens with zero attached hydrogens (tertiary/aromatic N) is 2. The Kier molecular flexibility index (Phi) is 3.62. The predicted octanol–water partition coefficient (Wildman–Crippen LogP) is 3.04. The van der Waals surface area contributed by atoms with Crippen molar-refractivity contribution < 1.29 is 0 Å². The zero-order chi connectivity index (χ0) is 15.5. The maximum absolute atomic E-state index is 6.14. The van der Waals surface area contributed by atoms with Crippen LogP contribution in [0.3, 0.4) is 0 Å². The van der Waals surface area contributed by atoms with Crippen LogP contribution >= 0.6 is 0 Å². The summed E-state index contributed by atoms with van der Waals surface area (Å²) < 4.78 is 0. The summed E-state index contributed by atoms with van der Waals surface area (Å²) in [4.78, 5) is 11.6. The number of allylic oxidation sites excluding steroid dienone is 1. The Morgan fingerprint density at radius 3 is 2.64 bits per heavy atom. The molecule has 0 saturated carbocycles. The summed E-state index contributed by atoms with van der Waals surface area (Å²) in [7, 11) is 0. The number of nitrogen functional groups attached to an aromatic ring is 1. The van der Waals surface area contributed by atoms with Gasteiger partial charge < -0.3 is 16.5 Å². The lowest BCUT2D eigenvalue weighted by Crippen LogP contribution is -1.96. The molecule has 3 aromatic rings. The van der Waals surface area contributed by atoms with Crippen LogP contribution < -0.4 is 11.5 Å². The molecular weight excluding hydrogens is 274 g/mol. The van der Waals surface area contributed by atoms with Crippen molar-refractivity contribution in [1.29, 1.82) is 0 Å². The Bertz CT molecular complexity index is 818. The molecule has 0 aliphatic carbocycles. The molecule has 0 spiro atoms. The van der Waals surface area contributed by atoms with E-state index in [9.17, 15) is 0 Å². The van der Waals surface area contributed by atoms with Gasteiger partial charge in [-0.25, -0.2) is 9.97 Å². The van der Waals surface area contributed by atoms with Gasteiger partial charge in [-0.1, -0.05) is 36.4 Å². The van der Waals surface area contributed by atoms with E-state index in [1.807, 2.05) is 55.5 Å². The molecule has 2 heterocycles. The number of nitrogens with two attached hydrogens (primary N) is 2. The average Bonchev–Trinajstić information content (AvgIpc) is 3.00. The molecule has 0 saturated heterocycles. The van der Waals surface area contributed by atoms with Crippen molar-refractivity contribution in [3.63, 3.8) is 0 Å². The van der Waals surface area contributed by atoms with Crippen molar-refractivity contribution in [2.24, 2.45) is 5.73 Å². The number of aromatic nitrogens is 3. The summed E-state index contributed by atoms with van der Waals surface area (Å²) in [5.74, 6) is 0.244. The number of benzene rings is 1. The highest BCUT2D eigenvalue weighted by atomic mass is 15.0. The van der Waals surface area contributed by atoms with Gasteiger partial charge in [-0.05, 0) is 24.6 Å². The van der Waals surface area contributed by atoms with Gasteiger partial charge in [0.2, 0.25) is 5.95 Å². The monoisotopic (exact) mass is 291 g/mol. The summed E-state index contributed by atoms with van der Waals surface area (Å²) in [6.45, 7) is 1.92. The minimum Gasteiger partial charge on any atom is -0.398 e. The summed E-state index contributed by atoms with van der Waals surface area (Å²) in [5.41, 5.74) is 17.1. The van der Waals surface area contributed by atoms with Gasteiger partial charge >= 0.3 is 0 Å². The van der Waals surface area contributed by atoms with Gasteiger partial charge in [0.15, 0.2) is 0 Å². The Morgan fingerprint density at radius 1 is 1.18 bits per heavy atom. The number of nitrogens with one attached hydrogen (secondary N) is 1. The summed E-state index contributed by atoms with van der Waals surface area (Å²) in [6.07, 6.45) is 3.52. The van der Waals surface area contributed by atoms with Crippen LogP contribution in [0.1, 0.15) is 12.5 Å². The molecule has 22 heavy (non-hydrogen) atoms. The molecule has 3 rings (SSSR count). The second-order valence-corrected chi connectivity index (χ2v) is 4.88. The van der Waals surface area contributed by atoms with E-state index < -0.39 is 0 Å². The Labute approximate surface area is 128 Å². The third-order valence-corrected chi connectivity index (χ3v) is 3.45. The fraction of sp³-hybridized carbons (Fsp3) is 0.0588. The maximum Gasteiger partial charge on any atom is 0.220 e. The van der Waals surface area contributed by atoms with Gasteiger partial charge in [0, 0.05) is 17.5 Å². The summed E-state index contributed by atoms with van der Waals surface area (Å²) in [5, 5.41) is 0. The van der Waals surface area contributed by atoms with Crippen LogP contribution in [-0.4, -0.2) is 15.0 Å². The second-order valence-electron chi connectivity index (χ2n) is 4.88. The smallest absolute Gasteiger partial charge is 0.220 e. The Hall–Kier alpha value is -3.08. The van der Waals surface area contributed by atoms with Crippen molar-refractivity contribution in [1.82, 2.24) is 15.0 Å². The topological polar surface area (TPSA) is 93.6 Å². The summed E-state index contributed by atoms with van der Waals surface area (Å²) in [6, 6.07) is 13.8. The van der Waals surface area contributed by atoms with Crippen molar-refractivity contribution >= 4 is 11.6 Å². The molecule has 5 nitrogen and oxygen atoms in total. The fourth-order valence-electron chi connectivity index (χ4n) is 2.33. The Morgan fingerprint density at radius 2 is 1.95 bits per heavy atom. The van der Waals surface area contributed by atoms with Gasteiger partial charge in [0.25, 0.3) is 0 Å². The average molecular weight is 291 g/mol. The molecule has 110 valence electrons. The molecule has 0 unspecified atom stereocenters. The minimum absolute atomic E-state index is 0.244. The first kappa shape index (κ1) is 13.9. The van der Waals surface area contributed by atoms with Crippen molar-refractivity contribution in [2.75, 3.05) is 5.73 Å². The van der Waals surface area contributed by atoms with E-state index in [1.165, 1.54) is 0 Å². The van der Waals surface area contributed by atoms with Crippen LogP contribution in [-0.2, 0) is 0 Å². The fourth-order valence-corrected chi connectivity index (χ4v) is 2.33. The molecule has 0 amide bonds. The lowest BCUT2D eigenvalue weighted by molar-refractivity contribution is 1.18. The number of hydrogen-bond donors (Lipinski definition) is 3. The van der Waals surface area contributed by atoms with E-state index in [0.29, 0.717) is 5.70 Å². The quantitative estimate of drug-likeness (QED) is 0.691. The molecule has 0 aliphatic heterocycles. The van der Waals surface area contributed by atoms with Crippen LogP contribution in [0.5, 0.6) is 0 Å². The number of hydrogen-bond acceptors (Lipinski definition) is 4. The molecule has 5 heteroatoms. The first-order valence-corrected chi connectivity index (χ1v) is 6.98. The normalized spacial score (nSPS) is 11.6. The molecule has 5 N–H and O–H groups in total. The van der Waals surface area contributed by atoms with E-state index in [0.717, 1.165) is 28.2 Å². The standard InChI is InChI=1S/C17H17N5/c1-2-13(18)12-10-15(14-8-9-20-17(19)22-14)21-16(12)11-6-4-3-5-7-11/h2-10,21H,18H2,1H3,(H2,19,20,22). The maximum atomic E-state index is 6.14. The molecule has 0 atom stereocenters. The zero-order valence-corrected chi connectivity index (χ0v) is 12.2. The number of rotatable bonds is 3. The minimum atomic E-state index is 0.244. The third kappa shape index (κ3) is 2.56. The van der Waals surface area contributed by atoms with Gasteiger partial charge in [-0.2, -0.15) is 0 Å². The van der Waals surface area contributed by atoms with Crippen LogP contribution in [0.25, 0.3) is 28.3 Å². The van der Waals surface area contributed by atoms with Crippen molar-refractivity contribution in [3.05, 3.63) is 60.3 Å². The highest BCUT2D eigenvalue weighted by Crippen LogP contribution is 2.31. The van der Waals surface area contributed by atoms with Crippen LogP contribution in [0.15, 0.2) is 54.7 Å². The van der Waals surface area contributed by atoms with E-state index in [1.54, 1.807) is 6.20 Å². The van der Waals surface area contributed by atoms with Gasteiger partial charge in [0.05, 0.1) is 17.1 Å². The molecule has 0 bridgehead atoms. The highest BCUT2D eigenvalue weighted by molar-refractivity contribution is 5.82. The molecule has 0 radical (unpaired) electrons. The molecule has 2 aromatic heterocycles. The molecule has 0 fully saturated rings. The van der Waals surface area contributed by atoms with E-state index >= 15 is 0 Å².